The van der Waals surface area contributed by atoms with Crippen LogP contribution in [0.4, 0.5) is 4.39 Å². The third-order valence-corrected chi connectivity index (χ3v) is 4.01. The largest absolute Gasteiger partial charge is 0.295 e. The van der Waals surface area contributed by atoms with Crippen LogP contribution in [0.5, 0.6) is 0 Å². The maximum Gasteiger partial charge on any atom is 0.142 e. The Morgan fingerprint density at radius 3 is 2.56 bits per heavy atom. The number of halogens is 3. The standard InChI is InChI=1S/C14H20BrClFN/c1-3-12(4-2)18(9-8-15)10-11-6-5-7-13(17)14(11)16/h5-7,12H,3-4,8-10H2,1-2H3. The summed E-state index contributed by atoms with van der Waals surface area (Å²) in [6, 6.07) is 5.53. The molecule has 0 aliphatic heterocycles. The van der Waals surface area contributed by atoms with E-state index in [1.807, 2.05) is 6.07 Å². The number of nitrogens with zero attached hydrogens (tertiary/aromatic N) is 1. The quantitative estimate of drug-likeness (QED) is 0.642. The predicted molar refractivity (Wildman–Crippen MR) is 80.0 cm³/mol. The molecule has 0 atom stereocenters. The normalized spacial score (nSPS) is 11.5. The first kappa shape index (κ1) is 15.9. The highest BCUT2D eigenvalue weighted by molar-refractivity contribution is 9.09. The molecule has 1 aromatic rings. The smallest absolute Gasteiger partial charge is 0.142 e. The molecule has 0 heterocycles. The molecule has 102 valence electrons. The van der Waals surface area contributed by atoms with E-state index < -0.39 is 0 Å². The van der Waals surface area contributed by atoms with Gasteiger partial charge in [0.25, 0.3) is 0 Å². The van der Waals surface area contributed by atoms with Gasteiger partial charge in [-0.1, -0.05) is 53.5 Å². The molecule has 1 aromatic carbocycles. The molecule has 0 saturated heterocycles. The van der Waals surface area contributed by atoms with Gasteiger partial charge in [0.15, 0.2) is 0 Å². The van der Waals surface area contributed by atoms with Gasteiger partial charge in [-0.2, -0.15) is 0 Å². The molecule has 0 fully saturated rings. The van der Waals surface area contributed by atoms with Crippen LogP contribution in [0, 0.1) is 5.82 Å². The summed E-state index contributed by atoms with van der Waals surface area (Å²) in [6.07, 6.45) is 2.19. The van der Waals surface area contributed by atoms with Crippen molar-refractivity contribution >= 4 is 27.5 Å². The molecule has 0 N–H and O–H groups in total. The van der Waals surface area contributed by atoms with E-state index in [1.165, 1.54) is 6.07 Å². The van der Waals surface area contributed by atoms with Gasteiger partial charge >= 0.3 is 0 Å². The molecule has 4 heteroatoms. The Hall–Kier alpha value is -0.120. The van der Waals surface area contributed by atoms with Crippen molar-refractivity contribution < 1.29 is 4.39 Å². The van der Waals surface area contributed by atoms with Gasteiger partial charge in [-0.3, -0.25) is 4.90 Å². The minimum atomic E-state index is -0.336. The van der Waals surface area contributed by atoms with Crippen molar-refractivity contribution in [1.82, 2.24) is 4.90 Å². The van der Waals surface area contributed by atoms with Gasteiger partial charge in [0.1, 0.15) is 5.82 Å². The topological polar surface area (TPSA) is 3.24 Å². The molecule has 0 radical (unpaired) electrons. The maximum absolute atomic E-state index is 13.4. The average molecular weight is 337 g/mol. The van der Waals surface area contributed by atoms with Crippen LogP contribution in [0.15, 0.2) is 18.2 Å². The Morgan fingerprint density at radius 2 is 2.00 bits per heavy atom. The third-order valence-electron chi connectivity index (χ3n) is 3.24. The van der Waals surface area contributed by atoms with Gasteiger partial charge in [0, 0.05) is 24.5 Å². The van der Waals surface area contributed by atoms with Crippen molar-refractivity contribution in [2.24, 2.45) is 0 Å². The number of hydrogen-bond acceptors (Lipinski definition) is 1. The zero-order chi connectivity index (χ0) is 13.5. The zero-order valence-corrected chi connectivity index (χ0v) is 13.3. The Balaban J connectivity index is 2.85. The van der Waals surface area contributed by atoms with Crippen molar-refractivity contribution in [3.63, 3.8) is 0 Å². The van der Waals surface area contributed by atoms with E-state index in [2.05, 4.69) is 34.7 Å². The Kier molecular flexibility index (Phi) is 7.20. The van der Waals surface area contributed by atoms with Crippen LogP contribution in [-0.4, -0.2) is 22.8 Å². The molecule has 0 aromatic heterocycles. The molecule has 0 spiro atoms. The van der Waals surface area contributed by atoms with Crippen molar-refractivity contribution in [2.75, 3.05) is 11.9 Å². The van der Waals surface area contributed by atoms with E-state index in [9.17, 15) is 4.39 Å². The summed E-state index contributed by atoms with van der Waals surface area (Å²) < 4.78 is 13.4. The highest BCUT2D eigenvalue weighted by Gasteiger charge is 2.16. The van der Waals surface area contributed by atoms with Crippen LogP contribution in [0.2, 0.25) is 5.02 Å². The molecule has 0 bridgehead atoms. The van der Waals surface area contributed by atoms with Gasteiger partial charge in [-0.25, -0.2) is 4.39 Å². The fourth-order valence-electron chi connectivity index (χ4n) is 2.19. The van der Waals surface area contributed by atoms with Crippen LogP contribution >= 0.6 is 27.5 Å². The molecule has 1 rings (SSSR count). The second kappa shape index (κ2) is 8.13. The first-order valence-corrected chi connectivity index (χ1v) is 7.86. The molecule has 0 aliphatic rings. The lowest BCUT2D eigenvalue weighted by atomic mass is 10.1. The monoisotopic (exact) mass is 335 g/mol. The van der Waals surface area contributed by atoms with Crippen molar-refractivity contribution in [1.29, 1.82) is 0 Å². The molecule has 18 heavy (non-hydrogen) atoms. The second-order valence-electron chi connectivity index (χ2n) is 4.34. The van der Waals surface area contributed by atoms with Crippen LogP contribution in [0.3, 0.4) is 0 Å². The first-order valence-electron chi connectivity index (χ1n) is 6.36. The van der Waals surface area contributed by atoms with E-state index in [0.29, 0.717) is 12.6 Å². The molecule has 1 nitrogen and oxygen atoms in total. The average Bonchev–Trinajstić information content (AvgIpc) is 2.36. The van der Waals surface area contributed by atoms with Gasteiger partial charge in [0.05, 0.1) is 5.02 Å². The summed E-state index contributed by atoms with van der Waals surface area (Å²) in [5.41, 5.74) is 0.865. The molecule has 0 saturated carbocycles. The van der Waals surface area contributed by atoms with Crippen LogP contribution < -0.4 is 0 Å². The van der Waals surface area contributed by atoms with Gasteiger partial charge < -0.3 is 0 Å². The van der Waals surface area contributed by atoms with E-state index in [4.69, 9.17) is 11.6 Å². The SMILES string of the molecule is CCC(CC)N(CCBr)Cc1cccc(F)c1Cl. The minimum absolute atomic E-state index is 0.253. The summed E-state index contributed by atoms with van der Waals surface area (Å²) in [4.78, 5) is 2.36. The summed E-state index contributed by atoms with van der Waals surface area (Å²) >= 11 is 9.49. The van der Waals surface area contributed by atoms with E-state index in [1.54, 1.807) is 6.07 Å². The summed E-state index contributed by atoms with van der Waals surface area (Å²) in [7, 11) is 0. The van der Waals surface area contributed by atoms with E-state index in [-0.39, 0.29) is 10.8 Å². The Bertz CT molecular complexity index is 369. The molecular weight excluding hydrogens is 317 g/mol. The van der Waals surface area contributed by atoms with Crippen LogP contribution in [-0.2, 0) is 6.54 Å². The highest BCUT2D eigenvalue weighted by Crippen LogP contribution is 2.23. The molecule has 0 amide bonds. The van der Waals surface area contributed by atoms with E-state index >= 15 is 0 Å². The lowest BCUT2D eigenvalue weighted by Gasteiger charge is -2.30. The Labute approximate surface area is 122 Å². The third kappa shape index (κ3) is 4.22. The van der Waals surface area contributed by atoms with Gasteiger partial charge in [0.2, 0.25) is 0 Å². The summed E-state index contributed by atoms with van der Waals surface area (Å²) in [6.45, 7) is 6.01. The fraction of sp³-hybridized carbons (Fsp3) is 0.571. The molecular formula is C14H20BrClFN. The van der Waals surface area contributed by atoms with E-state index in [0.717, 1.165) is 30.3 Å². The number of benzene rings is 1. The maximum atomic E-state index is 13.4. The number of alkyl halides is 1. The summed E-state index contributed by atoms with van der Waals surface area (Å²) in [5.74, 6) is -0.336. The van der Waals surface area contributed by atoms with Crippen molar-refractivity contribution in [2.45, 2.75) is 39.3 Å². The molecule has 0 unspecified atom stereocenters. The number of rotatable bonds is 7. The predicted octanol–water partition coefficient (Wildman–Crippen LogP) is 4.86. The number of hydrogen-bond donors (Lipinski definition) is 0. The van der Waals surface area contributed by atoms with Crippen molar-refractivity contribution in [3.05, 3.63) is 34.6 Å². The highest BCUT2D eigenvalue weighted by atomic mass is 79.9. The lowest BCUT2D eigenvalue weighted by Crippen LogP contribution is -2.35. The minimum Gasteiger partial charge on any atom is -0.295 e. The second-order valence-corrected chi connectivity index (χ2v) is 5.51. The lowest BCUT2D eigenvalue weighted by molar-refractivity contribution is 0.189. The Morgan fingerprint density at radius 1 is 1.33 bits per heavy atom. The molecule has 0 aliphatic carbocycles. The van der Waals surface area contributed by atoms with Crippen molar-refractivity contribution in [3.8, 4) is 0 Å². The fourth-order valence-corrected chi connectivity index (χ4v) is 2.84. The van der Waals surface area contributed by atoms with Crippen LogP contribution in [0.1, 0.15) is 32.3 Å². The van der Waals surface area contributed by atoms with Gasteiger partial charge in [-0.15, -0.1) is 0 Å². The van der Waals surface area contributed by atoms with Crippen LogP contribution in [0.25, 0.3) is 0 Å². The van der Waals surface area contributed by atoms with Gasteiger partial charge in [-0.05, 0) is 24.5 Å². The summed E-state index contributed by atoms with van der Waals surface area (Å²) in [5, 5.41) is 1.17. The zero-order valence-electron chi connectivity index (χ0n) is 10.9. The first-order chi connectivity index (χ1) is 8.63.